The second-order valence-electron chi connectivity index (χ2n) is 3.38. The van der Waals surface area contributed by atoms with E-state index in [1.54, 1.807) is 0 Å². The fourth-order valence-corrected chi connectivity index (χ4v) is 2.59. The average molecular weight is 269 g/mol. The molecule has 16 heavy (non-hydrogen) atoms. The van der Waals surface area contributed by atoms with E-state index in [0.717, 1.165) is 21.2 Å². The third-order valence-electron chi connectivity index (χ3n) is 2.28. The minimum Gasteiger partial charge on any atom is -0.305 e. The number of halogens is 2. The number of rotatable bonds is 1. The number of imidazole rings is 1. The van der Waals surface area contributed by atoms with Crippen molar-refractivity contribution in [2.45, 2.75) is 0 Å². The van der Waals surface area contributed by atoms with E-state index in [1.165, 1.54) is 11.3 Å². The van der Waals surface area contributed by atoms with Gasteiger partial charge in [0.1, 0.15) is 5.65 Å². The molecule has 0 bridgehead atoms. The Morgan fingerprint density at radius 3 is 2.81 bits per heavy atom. The predicted molar refractivity (Wildman–Crippen MR) is 68.5 cm³/mol. The summed E-state index contributed by atoms with van der Waals surface area (Å²) in [6, 6.07) is 5.63. The maximum Gasteiger partial charge on any atom is 0.137 e. The maximum absolute atomic E-state index is 5.91. The molecular formula is C11H6Cl2N2S. The summed E-state index contributed by atoms with van der Waals surface area (Å²) < 4.78 is 2.67. The van der Waals surface area contributed by atoms with Crippen LogP contribution in [-0.4, -0.2) is 9.38 Å². The van der Waals surface area contributed by atoms with Gasteiger partial charge < -0.3 is 4.40 Å². The van der Waals surface area contributed by atoms with Gasteiger partial charge in [0.05, 0.1) is 15.1 Å². The van der Waals surface area contributed by atoms with Crippen LogP contribution in [0.5, 0.6) is 0 Å². The third-order valence-corrected chi connectivity index (χ3v) is 3.59. The quantitative estimate of drug-likeness (QED) is 0.641. The van der Waals surface area contributed by atoms with Crippen LogP contribution in [0.4, 0.5) is 0 Å². The van der Waals surface area contributed by atoms with Gasteiger partial charge in [-0.3, -0.25) is 0 Å². The van der Waals surface area contributed by atoms with Gasteiger partial charge in [-0.1, -0.05) is 23.2 Å². The summed E-state index contributed by atoms with van der Waals surface area (Å²) in [6.45, 7) is 0. The molecule has 0 saturated carbocycles. The molecule has 0 aliphatic carbocycles. The lowest BCUT2D eigenvalue weighted by Gasteiger charge is -1.91. The Balaban J connectivity index is 2.18. The van der Waals surface area contributed by atoms with Crippen LogP contribution in [0.3, 0.4) is 0 Å². The molecule has 2 nitrogen and oxygen atoms in total. The molecule has 0 aliphatic rings. The van der Waals surface area contributed by atoms with Crippen LogP contribution in [0.2, 0.25) is 9.36 Å². The molecule has 0 aliphatic heterocycles. The van der Waals surface area contributed by atoms with Crippen LogP contribution < -0.4 is 0 Å². The Bertz CT molecular complexity index is 657. The molecule has 0 fully saturated rings. The van der Waals surface area contributed by atoms with Crippen molar-refractivity contribution >= 4 is 40.2 Å². The zero-order valence-corrected chi connectivity index (χ0v) is 10.4. The number of hydrogen-bond donors (Lipinski definition) is 0. The molecule has 3 heterocycles. The summed E-state index contributed by atoms with van der Waals surface area (Å²) in [5.41, 5.74) is 2.82. The molecule has 3 aromatic heterocycles. The number of aromatic nitrogens is 2. The lowest BCUT2D eigenvalue weighted by Crippen LogP contribution is -1.79. The molecule has 0 radical (unpaired) electrons. The van der Waals surface area contributed by atoms with Crippen molar-refractivity contribution in [3.63, 3.8) is 0 Å². The van der Waals surface area contributed by atoms with Gasteiger partial charge in [-0.15, -0.1) is 11.3 Å². The van der Waals surface area contributed by atoms with Gasteiger partial charge in [-0.05, 0) is 18.2 Å². The maximum atomic E-state index is 5.91. The molecule has 0 amide bonds. The van der Waals surface area contributed by atoms with Crippen LogP contribution in [0.1, 0.15) is 0 Å². The van der Waals surface area contributed by atoms with E-state index in [1.807, 2.05) is 40.4 Å². The van der Waals surface area contributed by atoms with Crippen molar-refractivity contribution in [2.75, 3.05) is 0 Å². The Morgan fingerprint density at radius 2 is 2.06 bits per heavy atom. The summed E-state index contributed by atoms with van der Waals surface area (Å²) in [4.78, 5) is 4.49. The first-order chi connectivity index (χ1) is 7.72. The Kier molecular flexibility index (Phi) is 2.39. The first kappa shape index (κ1) is 10.1. The van der Waals surface area contributed by atoms with Crippen molar-refractivity contribution in [3.05, 3.63) is 45.3 Å². The van der Waals surface area contributed by atoms with Crippen molar-refractivity contribution < 1.29 is 0 Å². The van der Waals surface area contributed by atoms with Crippen molar-refractivity contribution in [2.24, 2.45) is 0 Å². The Hall–Kier alpha value is -1.03. The first-order valence-electron chi connectivity index (χ1n) is 4.61. The second kappa shape index (κ2) is 3.77. The smallest absolute Gasteiger partial charge is 0.137 e. The van der Waals surface area contributed by atoms with Gasteiger partial charge in [-0.25, -0.2) is 4.98 Å². The van der Waals surface area contributed by atoms with E-state index >= 15 is 0 Å². The molecule has 0 N–H and O–H groups in total. The van der Waals surface area contributed by atoms with Crippen LogP contribution in [0.15, 0.2) is 36.0 Å². The van der Waals surface area contributed by atoms with Gasteiger partial charge in [0.25, 0.3) is 0 Å². The van der Waals surface area contributed by atoms with E-state index in [9.17, 15) is 0 Å². The second-order valence-corrected chi connectivity index (χ2v) is 5.36. The highest BCUT2D eigenvalue weighted by molar-refractivity contribution is 7.14. The molecule has 5 heteroatoms. The fraction of sp³-hybridized carbons (Fsp3) is 0. The lowest BCUT2D eigenvalue weighted by molar-refractivity contribution is 1.19. The summed E-state index contributed by atoms with van der Waals surface area (Å²) in [6.07, 6.45) is 3.78. The van der Waals surface area contributed by atoms with Gasteiger partial charge >= 0.3 is 0 Å². The number of hydrogen-bond acceptors (Lipinski definition) is 2. The molecule has 0 saturated heterocycles. The van der Waals surface area contributed by atoms with E-state index in [4.69, 9.17) is 23.2 Å². The van der Waals surface area contributed by atoms with Gasteiger partial charge in [0.15, 0.2) is 0 Å². The molecular weight excluding hydrogens is 263 g/mol. The molecule has 3 rings (SSSR count). The first-order valence-corrected chi connectivity index (χ1v) is 6.24. The number of fused-ring (bicyclic) bond motifs is 1. The van der Waals surface area contributed by atoms with Crippen LogP contribution in [-0.2, 0) is 0 Å². The van der Waals surface area contributed by atoms with Crippen LogP contribution in [0.25, 0.3) is 16.9 Å². The fourth-order valence-electron chi connectivity index (χ4n) is 1.55. The molecule has 0 aromatic carbocycles. The topological polar surface area (TPSA) is 17.3 Å². The zero-order chi connectivity index (χ0) is 11.1. The Labute approximate surface area is 106 Å². The van der Waals surface area contributed by atoms with E-state index in [0.29, 0.717) is 5.02 Å². The summed E-state index contributed by atoms with van der Waals surface area (Å²) >= 11 is 13.3. The summed E-state index contributed by atoms with van der Waals surface area (Å²) in [5.74, 6) is 0. The highest BCUT2D eigenvalue weighted by Gasteiger charge is 2.06. The SMILES string of the molecule is Clc1ccc2nc(-c3csc(Cl)c3)cn2c1. The minimum atomic E-state index is 0.694. The summed E-state index contributed by atoms with van der Waals surface area (Å²) in [5, 5.41) is 2.69. The average Bonchev–Trinajstić information content (AvgIpc) is 2.83. The van der Waals surface area contributed by atoms with Crippen LogP contribution in [0, 0.1) is 0 Å². The third kappa shape index (κ3) is 1.71. The molecule has 0 unspecified atom stereocenters. The van der Waals surface area contributed by atoms with Crippen molar-refractivity contribution in [1.29, 1.82) is 0 Å². The van der Waals surface area contributed by atoms with Gasteiger partial charge in [-0.2, -0.15) is 0 Å². The highest BCUT2D eigenvalue weighted by atomic mass is 35.5. The predicted octanol–water partition coefficient (Wildman–Crippen LogP) is 4.37. The Morgan fingerprint density at radius 1 is 1.19 bits per heavy atom. The van der Waals surface area contributed by atoms with Gasteiger partial charge in [0, 0.05) is 23.3 Å². The highest BCUT2D eigenvalue weighted by Crippen LogP contribution is 2.28. The molecule has 0 atom stereocenters. The number of thiophene rings is 1. The van der Waals surface area contributed by atoms with E-state index in [-0.39, 0.29) is 0 Å². The number of pyridine rings is 1. The largest absolute Gasteiger partial charge is 0.305 e. The standard InChI is InChI=1S/C11H6Cl2N2S/c12-8-1-2-11-14-9(5-15(11)4-8)7-3-10(13)16-6-7/h1-6H. The van der Waals surface area contributed by atoms with Gasteiger partial charge in [0.2, 0.25) is 0 Å². The minimum absolute atomic E-state index is 0.694. The zero-order valence-electron chi connectivity index (χ0n) is 8.02. The van der Waals surface area contributed by atoms with Crippen molar-refractivity contribution in [1.82, 2.24) is 9.38 Å². The van der Waals surface area contributed by atoms with Crippen molar-refractivity contribution in [3.8, 4) is 11.3 Å². The lowest BCUT2D eigenvalue weighted by atomic mass is 10.3. The number of nitrogens with zero attached hydrogens (tertiary/aromatic N) is 2. The van der Waals surface area contributed by atoms with E-state index < -0.39 is 0 Å². The molecule has 3 aromatic rings. The van der Waals surface area contributed by atoms with Crippen LogP contribution >= 0.6 is 34.5 Å². The molecule has 0 spiro atoms. The summed E-state index contributed by atoms with van der Waals surface area (Å²) in [7, 11) is 0. The molecule has 80 valence electrons. The normalized spacial score (nSPS) is 11.1. The van der Waals surface area contributed by atoms with E-state index in [2.05, 4.69) is 4.98 Å². The monoisotopic (exact) mass is 268 g/mol.